The SMILES string of the molecule is CCCN1C(=O)/C(=C/c2ccc(OCc3ccccc3Cl)cc2)NC1=S. The standard InChI is InChI=1S/C20H19ClN2O2S/c1-2-11-23-19(24)18(22-20(23)26)12-14-7-9-16(10-8-14)25-13-15-5-3-4-6-17(15)21/h3-10,12H,2,11,13H2,1H3,(H,22,26)/b18-12-. The summed E-state index contributed by atoms with van der Waals surface area (Å²) in [5, 5.41) is 4.13. The summed E-state index contributed by atoms with van der Waals surface area (Å²) in [6, 6.07) is 15.1. The number of thiocarbonyl (C=S) groups is 1. The van der Waals surface area contributed by atoms with Crippen LogP contribution >= 0.6 is 23.8 Å². The van der Waals surface area contributed by atoms with Crippen LogP contribution in [0, 0.1) is 0 Å². The van der Waals surface area contributed by atoms with Crippen molar-refractivity contribution in [1.29, 1.82) is 0 Å². The second kappa shape index (κ2) is 8.34. The number of nitrogens with one attached hydrogen (secondary N) is 1. The fourth-order valence-electron chi connectivity index (χ4n) is 2.60. The number of carbonyl (C=O) groups excluding carboxylic acids is 1. The third-order valence-corrected chi connectivity index (χ3v) is 4.64. The van der Waals surface area contributed by atoms with Crippen LogP contribution < -0.4 is 10.1 Å². The predicted molar refractivity (Wildman–Crippen MR) is 108 cm³/mol. The van der Waals surface area contributed by atoms with E-state index in [1.54, 1.807) is 11.0 Å². The molecule has 26 heavy (non-hydrogen) atoms. The summed E-state index contributed by atoms with van der Waals surface area (Å²) in [4.78, 5) is 13.9. The number of rotatable bonds is 6. The molecule has 1 saturated heterocycles. The maximum Gasteiger partial charge on any atom is 0.276 e. The van der Waals surface area contributed by atoms with Crippen LogP contribution in [0.1, 0.15) is 24.5 Å². The minimum atomic E-state index is -0.0871. The van der Waals surface area contributed by atoms with Crippen LogP contribution in [-0.2, 0) is 11.4 Å². The number of ether oxygens (including phenoxy) is 1. The molecular formula is C20H19ClN2O2S. The molecule has 0 atom stereocenters. The fourth-order valence-corrected chi connectivity index (χ4v) is 3.08. The number of hydrogen-bond donors (Lipinski definition) is 1. The molecule has 0 aliphatic carbocycles. The third kappa shape index (κ3) is 4.23. The molecule has 3 rings (SSSR count). The van der Waals surface area contributed by atoms with Crippen LogP contribution in [-0.4, -0.2) is 22.5 Å². The van der Waals surface area contributed by atoms with Crippen molar-refractivity contribution in [3.05, 3.63) is 70.4 Å². The Bertz CT molecular complexity index is 849. The normalized spacial score (nSPS) is 15.5. The van der Waals surface area contributed by atoms with Crippen LogP contribution in [0.25, 0.3) is 6.08 Å². The van der Waals surface area contributed by atoms with Crippen LogP contribution in [0.15, 0.2) is 54.2 Å². The molecule has 1 amide bonds. The molecule has 4 nitrogen and oxygen atoms in total. The highest BCUT2D eigenvalue weighted by molar-refractivity contribution is 7.80. The molecule has 1 fully saturated rings. The van der Waals surface area contributed by atoms with Crippen molar-refractivity contribution in [3.63, 3.8) is 0 Å². The molecule has 2 aromatic rings. The molecule has 1 aliphatic heterocycles. The largest absolute Gasteiger partial charge is 0.489 e. The van der Waals surface area contributed by atoms with E-state index >= 15 is 0 Å². The van der Waals surface area contributed by atoms with Crippen LogP contribution in [0.5, 0.6) is 5.75 Å². The number of amides is 1. The number of hydrogen-bond acceptors (Lipinski definition) is 3. The molecule has 0 bridgehead atoms. The van der Waals surface area contributed by atoms with E-state index in [9.17, 15) is 4.79 Å². The van der Waals surface area contributed by atoms with E-state index in [-0.39, 0.29) is 5.91 Å². The van der Waals surface area contributed by atoms with Gasteiger partial charge in [-0.2, -0.15) is 0 Å². The molecule has 0 radical (unpaired) electrons. The van der Waals surface area contributed by atoms with Gasteiger partial charge < -0.3 is 10.1 Å². The molecule has 134 valence electrons. The lowest BCUT2D eigenvalue weighted by atomic mass is 10.2. The number of benzene rings is 2. The van der Waals surface area contributed by atoms with E-state index in [2.05, 4.69) is 5.32 Å². The van der Waals surface area contributed by atoms with Crippen molar-refractivity contribution in [2.24, 2.45) is 0 Å². The maximum absolute atomic E-state index is 12.3. The monoisotopic (exact) mass is 386 g/mol. The lowest BCUT2D eigenvalue weighted by Crippen LogP contribution is -2.31. The smallest absolute Gasteiger partial charge is 0.276 e. The van der Waals surface area contributed by atoms with Crippen LogP contribution in [0.4, 0.5) is 0 Å². The average molecular weight is 387 g/mol. The van der Waals surface area contributed by atoms with Gasteiger partial charge in [-0.1, -0.05) is 48.9 Å². The average Bonchev–Trinajstić information content (AvgIpc) is 2.90. The first-order valence-electron chi connectivity index (χ1n) is 8.39. The first-order chi connectivity index (χ1) is 12.6. The van der Waals surface area contributed by atoms with Crippen molar-refractivity contribution in [2.45, 2.75) is 20.0 Å². The topological polar surface area (TPSA) is 41.6 Å². The highest BCUT2D eigenvalue weighted by atomic mass is 35.5. The summed E-state index contributed by atoms with van der Waals surface area (Å²) < 4.78 is 5.77. The van der Waals surface area contributed by atoms with Crippen molar-refractivity contribution in [3.8, 4) is 5.75 Å². The molecule has 0 spiro atoms. The zero-order valence-electron chi connectivity index (χ0n) is 14.4. The Morgan fingerprint density at radius 1 is 1.19 bits per heavy atom. The molecule has 1 aliphatic rings. The maximum atomic E-state index is 12.3. The van der Waals surface area contributed by atoms with Crippen molar-refractivity contribution < 1.29 is 9.53 Å². The van der Waals surface area contributed by atoms with Gasteiger partial charge in [0.2, 0.25) is 0 Å². The van der Waals surface area contributed by atoms with Gasteiger partial charge in [0.25, 0.3) is 5.91 Å². The Hall–Kier alpha value is -2.37. The summed E-state index contributed by atoms with van der Waals surface area (Å²) >= 11 is 11.3. The second-order valence-corrected chi connectivity index (χ2v) is 6.69. The Balaban J connectivity index is 1.65. The lowest BCUT2D eigenvalue weighted by Gasteiger charge is -2.11. The highest BCUT2D eigenvalue weighted by Gasteiger charge is 2.29. The first-order valence-corrected chi connectivity index (χ1v) is 9.18. The quantitative estimate of drug-likeness (QED) is 0.590. The van der Waals surface area contributed by atoms with Gasteiger partial charge in [0.15, 0.2) is 5.11 Å². The minimum Gasteiger partial charge on any atom is -0.489 e. The summed E-state index contributed by atoms with van der Waals surface area (Å²) in [5.74, 6) is 0.650. The van der Waals surface area contributed by atoms with E-state index < -0.39 is 0 Å². The number of halogens is 1. The van der Waals surface area contributed by atoms with Gasteiger partial charge in [0, 0.05) is 17.1 Å². The zero-order chi connectivity index (χ0) is 18.5. The predicted octanol–water partition coefficient (Wildman–Crippen LogP) is 4.39. The number of nitrogens with zero attached hydrogens (tertiary/aromatic N) is 1. The van der Waals surface area contributed by atoms with Gasteiger partial charge in [-0.15, -0.1) is 0 Å². The van der Waals surface area contributed by atoms with E-state index in [1.165, 1.54) is 0 Å². The van der Waals surface area contributed by atoms with Gasteiger partial charge in [-0.3, -0.25) is 9.69 Å². The summed E-state index contributed by atoms with van der Waals surface area (Å²) in [6.45, 7) is 3.04. The van der Waals surface area contributed by atoms with Crippen LogP contribution in [0.3, 0.4) is 0 Å². The van der Waals surface area contributed by atoms with Crippen molar-refractivity contribution >= 4 is 40.9 Å². The number of carbonyl (C=O) groups is 1. The highest BCUT2D eigenvalue weighted by Crippen LogP contribution is 2.20. The van der Waals surface area contributed by atoms with Gasteiger partial charge in [-0.25, -0.2) is 0 Å². The summed E-state index contributed by atoms with van der Waals surface area (Å²) in [5.41, 5.74) is 2.32. The zero-order valence-corrected chi connectivity index (χ0v) is 15.9. The molecule has 6 heteroatoms. The van der Waals surface area contributed by atoms with E-state index in [0.29, 0.717) is 29.0 Å². The Kier molecular flexibility index (Phi) is 5.91. The molecular weight excluding hydrogens is 368 g/mol. The van der Waals surface area contributed by atoms with E-state index in [1.807, 2.05) is 55.5 Å². The second-order valence-electron chi connectivity index (χ2n) is 5.89. The van der Waals surface area contributed by atoms with Gasteiger partial charge in [-0.05, 0) is 48.5 Å². The van der Waals surface area contributed by atoms with E-state index in [4.69, 9.17) is 28.6 Å². The van der Waals surface area contributed by atoms with E-state index in [0.717, 1.165) is 23.3 Å². The minimum absolute atomic E-state index is 0.0871. The lowest BCUT2D eigenvalue weighted by molar-refractivity contribution is -0.122. The molecule has 1 heterocycles. The van der Waals surface area contributed by atoms with Gasteiger partial charge >= 0.3 is 0 Å². The first kappa shape index (κ1) is 18.4. The molecule has 1 N–H and O–H groups in total. The summed E-state index contributed by atoms with van der Waals surface area (Å²) in [7, 11) is 0. The summed E-state index contributed by atoms with van der Waals surface area (Å²) in [6.07, 6.45) is 2.65. The Labute approximate surface area is 163 Å². The van der Waals surface area contributed by atoms with Gasteiger partial charge in [0.05, 0.1) is 0 Å². The molecule has 2 aromatic carbocycles. The van der Waals surface area contributed by atoms with Crippen molar-refractivity contribution in [2.75, 3.05) is 6.54 Å². The Morgan fingerprint density at radius 2 is 1.92 bits per heavy atom. The fraction of sp³-hybridized carbons (Fsp3) is 0.200. The Morgan fingerprint density at radius 3 is 2.62 bits per heavy atom. The third-order valence-electron chi connectivity index (χ3n) is 3.95. The van der Waals surface area contributed by atoms with Crippen molar-refractivity contribution in [1.82, 2.24) is 10.2 Å². The molecule has 0 unspecified atom stereocenters. The van der Waals surface area contributed by atoms with Gasteiger partial charge in [0.1, 0.15) is 18.1 Å². The molecule has 0 aromatic heterocycles. The van der Waals surface area contributed by atoms with Crippen LogP contribution in [0.2, 0.25) is 5.02 Å². The molecule has 0 saturated carbocycles.